The van der Waals surface area contributed by atoms with Gasteiger partial charge in [-0.05, 0) is 56.9 Å². The van der Waals surface area contributed by atoms with Gasteiger partial charge in [0.15, 0.2) is 0 Å². The first kappa shape index (κ1) is 15.8. The first-order chi connectivity index (χ1) is 9.99. The van der Waals surface area contributed by atoms with Crippen molar-refractivity contribution in [2.75, 3.05) is 18.4 Å². The number of anilines is 1. The van der Waals surface area contributed by atoms with Crippen LogP contribution >= 0.6 is 12.2 Å². The second-order valence-electron chi connectivity index (χ2n) is 5.65. The maximum atomic E-state index is 12.4. The Labute approximate surface area is 131 Å². The van der Waals surface area contributed by atoms with Gasteiger partial charge < -0.3 is 16.0 Å². The normalized spacial score (nSPS) is 16.4. The van der Waals surface area contributed by atoms with Gasteiger partial charge in [0.25, 0.3) is 0 Å². The number of piperidine rings is 1. The van der Waals surface area contributed by atoms with E-state index in [1.165, 1.54) is 6.42 Å². The van der Waals surface area contributed by atoms with Gasteiger partial charge in [-0.1, -0.05) is 12.2 Å². The van der Waals surface area contributed by atoms with Crippen LogP contribution in [0.3, 0.4) is 0 Å². The zero-order valence-corrected chi connectivity index (χ0v) is 13.5. The van der Waals surface area contributed by atoms with Gasteiger partial charge in [0.2, 0.25) is 5.91 Å². The Hall–Kier alpha value is -1.62. The maximum Gasteiger partial charge on any atom is 0.244 e. The van der Waals surface area contributed by atoms with Crippen molar-refractivity contribution >= 4 is 28.8 Å². The fraction of sp³-hybridized carbons (Fsp3) is 0.500. The molecule has 1 aromatic carbocycles. The molecule has 21 heavy (non-hydrogen) atoms. The number of carbonyl (C=O) groups is 1. The summed E-state index contributed by atoms with van der Waals surface area (Å²) >= 11 is 5.00. The number of hydrogen-bond acceptors (Lipinski definition) is 3. The average molecular weight is 305 g/mol. The van der Waals surface area contributed by atoms with Gasteiger partial charge >= 0.3 is 0 Å². The molecule has 0 radical (unpaired) electrons. The molecule has 1 atom stereocenters. The van der Waals surface area contributed by atoms with E-state index in [0.717, 1.165) is 42.7 Å². The van der Waals surface area contributed by atoms with E-state index in [2.05, 4.69) is 5.32 Å². The van der Waals surface area contributed by atoms with Crippen molar-refractivity contribution in [3.63, 3.8) is 0 Å². The van der Waals surface area contributed by atoms with Crippen LogP contribution in [0, 0.1) is 6.92 Å². The van der Waals surface area contributed by atoms with Crippen LogP contribution in [0.15, 0.2) is 18.2 Å². The molecule has 0 spiro atoms. The Morgan fingerprint density at radius 3 is 2.57 bits per heavy atom. The highest BCUT2D eigenvalue weighted by molar-refractivity contribution is 7.80. The molecule has 1 aromatic rings. The molecule has 2 rings (SSSR count). The van der Waals surface area contributed by atoms with E-state index >= 15 is 0 Å². The quantitative estimate of drug-likeness (QED) is 0.839. The van der Waals surface area contributed by atoms with E-state index in [1.807, 2.05) is 36.9 Å². The number of aryl methyl sites for hydroxylation is 1. The minimum absolute atomic E-state index is 0.172. The van der Waals surface area contributed by atoms with Crippen molar-refractivity contribution in [2.24, 2.45) is 5.73 Å². The number of thiocarbonyl (C=S) groups is 1. The first-order valence-corrected chi connectivity index (χ1v) is 7.85. The number of rotatable bonds is 4. The summed E-state index contributed by atoms with van der Waals surface area (Å²) in [5.74, 6) is 0.172. The minimum Gasteiger partial charge on any atom is -0.389 e. The van der Waals surface area contributed by atoms with E-state index in [-0.39, 0.29) is 11.9 Å². The number of nitrogens with two attached hydrogens (primary N) is 1. The number of carbonyl (C=O) groups excluding carboxylic acids is 1. The van der Waals surface area contributed by atoms with Crippen LogP contribution < -0.4 is 11.1 Å². The molecule has 3 N–H and O–H groups in total. The Balaban J connectivity index is 2.01. The van der Waals surface area contributed by atoms with Crippen LogP contribution in [0.25, 0.3) is 0 Å². The predicted molar refractivity (Wildman–Crippen MR) is 90.6 cm³/mol. The number of benzene rings is 1. The van der Waals surface area contributed by atoms with Gasteiger partial charge in [0.05, 0.1) is 0 Å². The molecule has 0 aromatic heterocycles. The molecular weight excluding hydrogens is 282 g/mol. The zero-order valence-electron chi connectivity index (χ0n) is 12.7. The van der Waals surface area contributed by atoms with Gasteiger partial charge in [-0.15, -0.1) is 0 Å². The van der Waals surface area contributed by atoms with Crippen LogP contribution in [0.4, 0.5) is 5.69 Å². The minimum atomic E-state index is -0.224. The molecule has 5 heteroatoms. The summed E-state index contributed by atoms with van der Waals surface area (Å²) in [6, 6.07) is 5.58. The summed E-state index contributed by atoms with van der Waals surface area (Å²) in [7, 11) is 0. The van der Waals surface area contributed by atoms with Gasteiger partial charge in [-0.3, -0.25) is 4.79 Å². The smallest absolute Gasteiger partial charge is 0.244 e. The number of nitrogens with zero attached hydrogens (tertiary/aromatic N) is 1. The summed E-state index contributed by atoms with van der Waals surface area (Å²) in [4.78, 5) is 14.7. The van der Waals surface area contributed by atoms with Gasteiger partial charge in [0, 0.05) is 24.3 Å². The SMILES string of the molecule is Cc1cc(NC(C)C(=O)N2CCCCC2)ccc1C(N)=S. The topological polar surface area (TPSA) is 58.4 Å². The molecular formula is C16H23N3OS. The highest BCUT2D eigenvalue weighted by Gasteiger charge is 2.22. The van der Waals surface area contributed by atoms with E-state index < -0.39 is 0 Å². The second-order valence-corrected chi connectivity index (χ2v) is 6.09. The molecule has 1 amide bonds. The maximum absolute atomic E-state index is 12.4. The summed E-state index contributed by atoms with van der Waals surface area (Å²) in [6.07, 6.45) is 3.45. The molecule has 1 saturated heterocycles. The van der Waals surface area contributed by atoms with Crippen LogP contribution in [-0.2, 0) is 4.79 Å². The monoisotopic (exact) mass is 305 g/mol. The third kappa shape index (κ3) is 3.94. The summed E-state index contributed by atoms with van der Waals surface area (Å²) in [5, 5.41) is 3.27. The molecule has 1 fully saturated rings. The van der Waals surface area contributed by atoms with Crippen LogP contribution in [0.5, 0.6) is 0 Å². The molecule has 1 aliphatic heterocycles. The Morgan fingerprint density at radius 2 is 2.00 bits per heavy atom. The van der Waals surface area contributed by atoms with Crippen LogP contribution in [0.2, 0.25) is 0 Å². The van der Waals surface area contributed by atoms with E-state index in [9.17, 15) is 4.79 Å². The molecule has 4 nitrogen and oxygen atoms in total. The molecule has 1 aliphatic rings. The Bertz CT molecular complexity index is 538. The lowest BCUT2D eigenvalue weighted by atomic mass is 10.1. The fourth-order valence-corrected chi connectivity index (χ4v) is 2.96. The molecule has 114 valence electrons. The summed E-state index contributed by atoms with van der Waals surface area (Å²) in [5.41, 5.74) is 8.48. The molecule has 0 bridgehead atoms. The zero-order chi connectivity index (χ0) is 15.4. The second kappa shape index (κ2) is 6.89. The highest BCUT2D eigenvalue weighted by Crippen LogP contribution is 2.17. The molecule has 0 aliphatic carbocycles. The van der Waals surface area contributed by atoms with Crippen LogP contribution in [0.1, 0.15) is 37.3 Å². The van der Waals surface area contributed by atoms with Crippen molar-refractivity contribution in [3.8, 4) is 0 Å². The van der Waals surface area contributed by atoms with Gasteiger partial charge in [-0.2, -0.15) is 0 Å². The largest absolute Gasteiger partial charge is 0.389 e. The highest BCUT2D eigenvalue weighted by atomic mass is 32.1. The van der Waals surface area contributed by atoms with Gasteiger partial charge in [-0.25, -0.2) is 0 Å². The van der Waals surface area contributed by atoms with Crippen LogP contribution in [-0.4, -0.2) is 34.9 Å². The lowest BCUT2D eigenvalue weighted by Gasteiger charge is -2.29. The van der Waals surface area contributed by atoms with Crippen molar-refractivity contribution in [1.29, 1.82) is 0 Å². The number of amides is 1. The summed E-state index contributed by atoms with van der Waals surface area (Å²) in [6.45, 7) is 5.64. The predicted octanol–water partition coefficient (Wildman–Crippen LogP) is 2.44. The fourth-order valence-electron chi connectivity index (χ4n) is 2.73. The molecule has 0 saturated carbocycles. The Morgan fingerprint density at radius 1 is 1.33 bits per heavy atom. The van der Waals surface area contributed by atoms with E-state index in [0.29, 0.717) is 4.99 Å². The third-order valence-electron chi connectivity index (χ3n) is 3.91. The van der Waals surface area contributed by atoms with Gasteiger partial charge in [0.1, 0.15) is 11.0 Å². The lowest BCUT2D eigenvalue weighted by Crippen LogP contribution is -2.43. The third-order valence-corrected chi connectivity index (χ3v) is 4.13. The number of likely N-dealkylation sites (tertiary alicyclic amines) is 1. The standard InChI is InChI=1S/C16H23N3OS/c1-11-10-13(6-7-14(11)15(17)21)18-12(2)16(20)19-8-4-3-5-9-19/h6-7,10,12,18H,3-5,8-9H2,1-2H3,(H2,17,21). The summed E-state index contributed by atoms with van der Waals surface area (Å²) < 4.78 is 0. The number of nitrogens with one attached hydrogen (secondary N) is 1. The van der Waals surface area contributed by atoms with E-state index in [1.54, 1.807) is 0 Å². The Kier molecular flexibility index (Phi) is 5.17. The number of hydrogen-bond donors (Lipinski definition) is 2. The molecule has 1 heterocycles. The van der Waals surface area contributed by atoms with Crippen molar-refractivity contribution in [2.45, 2.75) is 39.2 Å². The molecule has 1 unspecified atom stereocenters. The van der Waals surface area contributed by atoms with Crippen molar-refractivity contribution in [3.05, 3.63) is 29.3 Å². The average Bonchev–Trinajstić information content (AvgIpc) is 2.47. The van der Waals surface area contributed by atoms with E-state index in [4.69, 9.17) is 18.0 Å². The van der Waals surface area contributed by atoms with Crippen molar-refractivity contribution in [1.82, 2.24) is 4.90 Å². The van der Waals surface area contributed by atoms with Crippen molar-refractivity contribution < 1.29 is 4.79 Å². The first-order valence-electron chi connectivity index (χ1n) is 7.45. The lowest BCUT2D eigenvalue weighted by molar-refractivity contribution is -0.132.